The van der Waals surface area contributed by atoms with Crippen LogP contribution in [0.2, 0.25) is 0 Å². The molecule has 6 aromatic rings. The van der Waals surface area contributed by atoms with Gasteiger partial charge in [-0.2, -0.15) is 0 Å². The van der Waals surface area contributed by atoms with Crippen LogP contribution in [0.5, 0.6) is 0 Å². The summed E-state index contributed by atoms with van der Waals surface area (Å²) in [5.74, 6) is -0.0286. The number of carbonyl (C=O) groups excluding carboxylic acids is 1. The molecule has 0 N–H and O–H groups in total. The van der Waals surface area contributed by atoms with Gasteiger partial charge < -0.3 is 8.83 Å². The summed E-state index contributed by atoms with van der Waals surface area (Å²) in [6.07, 6.45) is 0. The predicted molar refractivity (Wildman–Crippen MR) is 128 cm³/mol. The molecule has 0 atom stereocenters. The molecular weight excluding hydrogens is 486 g/mol. The van der Waals surface area contributed by atoms with Gasteiger partial charge in [-0.05, 0) is 40.8 Å². The Bertz CT molecular complexity index is 1740. The van der Waals surface area contributed by atoms with E-state index in [0.29, 0.717) is 22.2 Å². The number of halogens is 1. The lowest BCUT2D eigenvalue weighted by atomic mass is 9.86. The second-order valence-corrected chi connectivity index (χ2v) is 8.77. The SMILES string of the molecule is [B]c1cc2c(c3oc4ccccc4c13)-c1c(cc(I)c3oc4ccccc4c13)C2=O. The summed E-state index contributed by atoms with van der Waals surface area (Å²) in [5.41, 5.74) is 6.50. The molecule has 5 heteroatoms. The van der Waals surface area contributed by atoms with Gasteiger partial charge in [0.05, 0.1) is 3.57 Å². The first-order chi connectivity index (χ1) is 14.6. The zero-order chi connectivity index (χ0) is 20.1. The second-order valence-electron chi connectivity index (χ2n) is 7.60. The fourth-order valence-corrected chi connectivity index (χ4v) is 5.49. The molecule has 4 aromatic carbocycles. The summed E-state index contributed by atoms with van der Waals surface area (Å²) >= 11 is 2.24. The van der Waals surface area contributed by atoms with Crippen LogP contribution in [0, 0.1) is 3.57 Å². The third kappa shape index (κ3) is 1.89. The van der Waals surface area contributed by atoms with Gasteiger partial charge in [0.25, 0.3) is 0 Å². The molecule has 30 heavy (non-hydrogen) atoms. The van der Waals surface area contributed by atoms with Crippen molar-refractivity contribution in [2.45, 2.75) is 0 Å². The lowest BCUT2D eigenvalue weighted by Gasteiger charge is -2.06. The molecule has 0 fully saturated rings. The van der Waals surface area contributed by atoms with Crippen LogP contribution in [-0.2, 0) is 0 Å². The number of ketones is 1. The smallest absolute Gasteiger partial charge is 0.194 e. The van der Waals surface area contributed by atoms with E-state index in [0.717, 1.165) is 53.0 Å². The van der Waals surface area contributed by atoms with Crippen LogP contribution in [0.4, 0.5) is 0 Å². The molecule has 1 aliphatic rings. The Balaban J connectivity index is 1.77. The summed E-state index contributed by atoms with van der Waals surface area (Å²) in [7, 11) is 6.42. The van der Waals surface area contributed by atoms with Gasteiger partial charge in [0.1, 0.15) is 30.2 Å². The molecule has 1 aliphatic carbocycles. The molecule has 0 spiro atoms. The highest BCUT2D eigenvalue weighted by atomic mass is 127. The topological polar surface area (TPSA) is 43.4 Å². The van der Waals surface area contributed by atoms with Crippen molar-refractivity contribution in [1.82, 2.24) is 0 Å². The number of fused-ring (bicyclic) bond motifs is 11. The number of para-hydroxylation sites is 2. The fraction of sp³-hybridized carbons (Fsp3) is 0. The number of hydrogen-bond acceptors (Lipinski definition) is 3. The third-order valence-electron chi connectivity index (χ3n) is 6.02. The van der Waals surface area contributed by atoms with Gasteiger partial charge >= 0.3 is 0 Å². The first-order valence-electron chi connectivity index (χ1n) is 9.56. The monoisotopic (exact) mass is 496 g/mol. The van der Waals surface area contributed by atoms with Crippen molar-refractivity contribution in [2.24, 2.45) is 0 Å². The fourth-order valence-electron chi connectivity index (χ4n) is 4.80. The van der Waals surface area contributed by atoms with Crippen molar-refractivity contribution in [3.63, 3.8) is 0 Å². The Labute approximate surface area is 185 Å². The van der Waals surface area contributed by atoms with Crippen LogP contribution < -0.4 is 5.46 Å². The second kappa shape index (κ2) is 5.55. The first-order valence-corrected chi connectivity index (χ1v) is 10.6. The van der Waals surface area contributed by atoms with Crippen LogP contribution in [0.15, 0.2) is 69.5 Å². The molecular formula is C25H10BIO3. The standard InChI is InChI=1S/C25H10BIO3/c26-15-9-13-22(25-19(15)11-5-1-3-7-17(11)30-25)20-14(23(13)28)10-16(27)24-21(20)12-6-2-4-8-18(12)29-24/h1-10H. The van der Waals surface area contributed by atoms with Crippen molar-refractivity contribution in [2.75, 3.05) is 0 Å². The lowest BCUT2D eigenvalue weighted by molar-refractivity contribution is 0.104. The molecule has 2 radical (unpaired) electrons. The molecule has 7 rings (SSSR count). The van der Waals surface area contributed by atoms with Crippen molar-refractivity contribution in [1.29, 1.82) is 0 Å². The van der Waals surface area contributed by atoms with E-state index in [2.05, 4.69) is 22.6 Å². The zero-order valence-corrected chi connectivity index (χ0v) is 17.6. The summed E-state index contributed by atoms with van der Waals surface area (Å²) in [4.78, 5) is 13.4. The highest BCUT2D eigenvalue weighted by Crippen LogP contribution is 2.49. The van der Waals surface area contributed by atoms with Crippen LogP contribution >= 0.6 is 22.6 Å². The van der Waals surface area contributed by atoms with E-state index in [-0.39, 0.29) is 5.78 Å². The largest absolute Gasteiger partial charge is 0.455 e. The Morgan fingerprint density at radius 3 is 2.07 bits per heavy atom. The maximum Gasteiger partial charge on any atom is 0.194 e. The van der Waals surface area contributed by atoms with Gasteiger partial charge in [0, 0.05) is 43.8 Å². The van der Waals surface area contributed by atoms with Gasteiger partial charge in [-0.1, -0.05) is 47.9 Å². The molecule has 0 aliphatic heterocycles. The molecule has 0 amide bonds. The third-order valence-corrected chi connectivity index (χ3v) is 6.82. The number of hydrogen-bond donors (Lipinski definition) is 0. The van der Waals surface area contributed by atoms with Gasteiger partial charge in [0.2, 0.25) is 0 Å². The summed E-state index contributed by atoms with van der Waals surface area (Å²) in [6, 6.07) is 19.5. The Hall–Kier alpha value is -3.06. The van der Waals surface area contributed by atoms with E-state index >= 15 is 0 Å². The number of carbonyl (C=O) groups is 1. The molecule has 138 valence electrons. The maximum absolute atomic E-state index is 13.4. The zero-order valence-electron chi connectivity index (χ0n) is 15.5. The van der Waals surface area contributed by atoms with Gasteiger partial charge in [0.15, 0.2) is 5.78 Å². The average molecular weight is 496 g/mol. The molecule has 2 aromatic heterocycles. The van der Waals surface area contributed by atoms with E-state index in [4.69, 9.17) is 16.7 Å². The van der Waals surface area contributed by atoms with Crippen molar-refractivity contribution >= 4 is 85.6 Å². The molecule has 0 saturated carbocycles. The Morgan fingerprint density at radius 1 is 0.733 bits per heavy atom. The molecule has 0 saturated heterocycles. The highest BCUT2D eigenvalue weighted by molar-refractivity contribution is 14.1. The van der Waals surface area contributed by atoms with E-state index in [9.17, 15) is 4.79 Å². The van der Waals surface area contributed by atoms with Crippen molar-refractivity contribution < 1.29 is 13.6 Å². The van der Waals surface area contributed by atoms with E-state index in [1.807, 2.05) is 54.6 Å². The van der Waals surface area contributed by atoms with E-state index < -0.39 is 0 Å². The summed E-state index contributed by atoms with van der Waals surface area (Å²) in [6.45, 7) is 0. The number of benzene rings is 4. The van der Waals surface area contributed by atoms with Crippen LogP contribution in [-0.4, -0.2) is 13.6 Å². The Morgan fingerprint density at radius 2 is 1.33 bits per heavy atom. The average Bonchev–Trinajstić information content (AvgIpc) is 3.40. The normalized spacial score (nSPS) is 13.0. The summed E-state index contributed by atoms with van der Waals surface area (Å²) < 4.78 is 13.4. The lowest BCUT2D eigenvalue weighted by Crippen LogP contribution is -2.07. The van der Waals surface area contributed by atoms with Crippen LogP contribution in [0.1, 0.15) is 15.9 Å². The minimum Gasteiger partial charge on any atom is -0.455 e. The van der Waals surface area contributed by atoms with Crippen molar-refractivity contribution in [3.05, 3.63) is 75.4 Å². The quantitative estimate of drug-likeness (QED) is 0.189. The van der Waals surface area contributed by atoms with Crippen molar-refractivity contribution in [3.8, 4) is 11.1 Å². The minimum absolute atomic E-state index is 0.0286. The maximum atomic E-state index is 13.4. The van der Waals surface area contributed by atoms with Crippen LogP contribution in [0.3, 0.4) is 0 Å². The predicted octanol–water partition coefficient (Wildman–Crippen LogP) is 6.10. The van der Waals surface area contributed by atoms with E-state index in [1.54, 1.807) is 6.07 Å². The molecule has 0 bridgehead atoms. The number of furan rings is 2. The molecule has 3 nitrogen and oxygen atoms in total. The number of rotatable bonds is 0. The molecule has 0 unspecified atom stereocenters. The first kappa shape index (κ1) is 16.7. The van der Waals surface area contributed by atoms with Gasteiger partial charge in [-0.3, -0.25) is 4.79 Å². The summed E-state index contributed by atoms with van der Waals surface area (Å²) in [5, 5.41) is 3.74. The van der Waals surface area contributed by atoms with Gasteiger partial charge in [-0.15, -0.1) is 0 Å². The Kier molecular flexibility index (Phi) is 3.09. The van der Waals surface area contributed by atoms with Gasteiger partial charge in [-0.25, -0.2) is 0 Å². The van der Waals surface area contributed by atoms with Crippen LogP contribution in [0.25, 0.3) is 55.0 Å². The minimum atomic E-state index is -0.0286. The van der Waals surface area contributed by atoms with E-state index in [1.165, 1.54) is 0 Å². The molecule has 2 heterocycles. The highest BCUT2D eigenvalue weighted by Gasteiger charge is 2.35.